The zero-order valence-corrected chi connectivity index (χ0v) is 13.4. The standard InChI is InChI=1S/C14H13N3O3S2/c1-9-7-12(18)17-14(15-9)22-11(16-17)8-20-13(19)5-4-10-3-2-6-21-10/h2-3,6-7H,4-5,8H2,1H3. The van der Waals surface area contributed by atoms with Gasteiger partial charge in [-0.2, -0.15) is 9.61 Å². The molecule has 0 aliphatic heterocycles. The molecule has 0 aromatic carbocycles. The van der Waals surface area contributed by atoms with Crippen LogP contribution < -0.4 is 5.56 Å². The van der Waals surface area contributed by atoms with Gasteiger partial charge >= 0.3 is 5.97 Å². The van der Waals surface area contributed by atoms with Crippen LogP contribution in [0.25, 0.3) is 4.96 Å². The van der Waals surface area contributed by atoms with Crippen molar-refractivity contribution in [1.82, 2.24) is 14.6 Å². The number of thiophene rings is 1. The molecule has 0 spiro atoms. The second kappa shape index (κ2) is 6.37. The maximum absolute atomic E-state index is 11.7. The Labute approximate surface area is 134 Å². The molecule has 0 aliphatic rings. The van der Waals surface area contributed by atoms with E-state index in [-0.39, 0.29) is 18.1 Å². The number of hydrogen-bond donors (Lipinski definition) is 0. The van der Waals surface area contributed by atoms with Crippen molar-refractivity contribution in [2.45, 2.75) is 26.4 Å². The fraction of sp³-hybridized carbons (Fsp3) is 0.286. The normalized spacial score (nSPS) is 11.0. The van der Waals surface area contributed by atoms with E-state index in [1.165, 1.54) is 21.9 Å². The molecule has 0 aliphatic carbocycles. The minimum Gasteiger partial charge on any atom is -0.458 e. The molecule has 8 heteroatoms. The highest BCUT2D eigenvalue weighted by atomic mass is 32.1. The van der Waals surface area contributed by atoms with Gasteiger partial charge in [-0.05, 0) is 24.8 Å². The fourth-order valence-electron chi connectivity index (χ4n) is 1.91. The van der Waals surface area contributed by atoms with Gasteiger partial charge in [0.25, 0.3) is 5.56 Å². The molecule has 0 radical (unpaired) electrons. The summed E-state index contributed by atoms with van der Waals surface area (Å²) in [6.07, 6.45) is 1.01. The number of hydrogen-bond acceptors (Lipinski definition) is 7. The van der Waals surface area contributed by atoms with E-state index in [1.807, 2.05) is 17.5 Å². The Kier molecular flexibility index (Phi) is 4.30. The van der Waals surface area contributed by atoms with Crippen molar-refractivity contribution >= 4 is 33.6 Å². The second-order valence-electron chi connectivity index (χ2n) is 4.67. The zero-order valence-electron chi connectivity index (χ0n) is 11.8. The van der Waals surface area contributed by atoms with Gasteiger partial charge in [-0.3, -0.25) is 9.59 Å². The van der Waals surface area contributed by atoms with Crippen LogP contribution in [0.5, 0.6) is 0 Å². The van der Waals surface area contributed by atoms with Crippen LogP contribution in [0.2, 0.25) is 0 Å². The van der Waals surface area contributed by atoms with Crippen LogP contribution in [0.3, 0.4) is 0 Å². The van der Waals surface area contributed by atoms with E-state index in [2.05, 4.69) is 10.1 Å². The van der Waals surface area contributed by atoms with Gasteiger partial charge in [-0.25, -0.2) is 4.98 Å². The second-order valence-corrected chi connectivity index (χ2v) is 6.74. The van der Waals surface area contributed by atoms with E-state index in [9.17, 15) is 9.59 Å². The molecule has 0 saturated heterocycles. The monoisotopic (exact) mass is 335 g/mol. The van der Waals surface area contributed by atoms with Crippen LogP contribution >= 0.6 is 22.7 Å². The van der Waals surface area contributed by atoms with Crippen molar-refractivity contribution in [2.75, 3.05) is 0 Å². The molecule has 3 heterocycles. The van der Waals surface area contributed by atoms with Gasteiger partial charge < -0.3 is 4.74 Å². The Balaban J connectivity index is 1.60. The summed E-state index contributed by atoms with van der Waals surface area (Å²) in [6.45, 7) is 1.82. The first kappa shape index (κ1) is 14.9. The summed E-state index contributed by atoms with van der Waals surface area (Å²) in [5.41, 5.74) is 0.419. The van der Waals surface area contributed by atoms with Crippen molar-refractivity contribution in [3.63, 3.8) is 0 Å². The Hall–Kier alpha value is -2.06. The maximum Gasteiger partial charge on any atom is 0.306 e. The van der Waals surface area contributed by atoms with E-state index >= 15 is 0 Å². The maximum atomic E-state index is 11.7. The van der Waals surface area contributed by atoms with Gasteiger partial charge in [-0.1, -0.05) is 17.4 Å². The third kappa shape index (κ3) is 3.40. The summed E-state index contributed by atoms with van der Waals surface area (Å²) < 4.78 is 6.43. The highest BCUT2D eigenvalue weighted by Gasteiger charge is 2.10. The molecular weight excluding hydrogens is 322 g/mol. The summed E-state index contributed by atoms with van der Waals surface area (Å²) in [4.78, 5) is 29.4. The lowest BCUT2D eigenvalue weighted by atomic mass is 10.3. The number of ether oxygens (including phenoxy) is 1. The number of esters is 1. The number of aromatic nitrogens is 3. The molecule has 3 aromatic heterocycles. The van der Waals surface area contributed by atoms with E-state index in [4.69, 9.17) is 4.74 Å². The molecule has 0 N–H and O–H groups in total. The van der Waals surface area contributed by atoms with Gasteiger partial charge in [0.1, 0.15) is 6.61 Å². The molecule has 0 unspecified atom stereocenters. The van der Waals surface area contributed by atoms with E-state index in [0.717, 1.165) is 4.88 Å². The Morgan fingerprint density at radius 2 is 2.32 bits per heavy atom. The molecular formula is C14H13N3O3S2. The number of fused-ring (bicyclic) bond motifs is 1. The van der Waals surface area contributed by atoms with Gasteiger partial charge in [0, 0.05) is 16.6 Å². The molecule has 3 aromatic rings. The number of carbonyl (C=O) groups is 1. The average Bonchev–Trinajstić information content (AvgIpc) is 3.11. The topological polar surface area (TPSA) is 73.6 Å². The van der Waals surface area contributed by atoms with Crippen LogP contribution in [-0.2, 0) is 22.6 Å². The SMILES string of the molecule is Cc1cc(=O)n2nc(COC(=O)CCc3cccs3)sc2n1. The van der Waals surface area contributed by atoms with E-state index in [0.29, 0.717) is 28.5 Å². The summed E-state index contributed by atoms with van der Waals surface area (Å²) >= 11 is 2.87. The van der Waals surface area contributed by atoms with Gasteiger partial charge in [-0.15, -0.1) is 11.3 Å². The number of carbonyl (C=O) groups excluding carboxylic acids is 1. The first-order valence-corrected chi connectivity index (χ1v) is 8.36. The van der Waals surface area contributed by atoms with Crippen molar-refractivity contribution in [2.24, 2.45) is 0 Å². The lowest BCUT2D eigenvalue weighted by molar-refractivity contribution is -0.144. The van der Waals surface area contributed by atoms with Crippen LogP contribution in [0, 0.1) is 6.92 Å². The third-order valence-corrected chi connectivity index (χ3v) is 4.75. The lowest BCUT2D eigenvalue weighted by Crippen LogP contribution is -2.14. The molecule has 22 heavy (non-hydrogen) atoms. The molecule has 0 fully saturated rings. The first-order valence-electron chi connectivity index (χ1n) is 6.66. The third-order valence-electron chi connectivity index (χ3n) is 2.93. The number of nitrogens with zero attached hydrogens (tertiary/aromatic N) is 3. The van der Waals surface area contributed by atoms with Gasteiger partial charge in [0.05, 0.1) is 6.42 Å². The van der Waals surface area contributed by atoms with Gasteiger partial charge in [0.15, 0.2) is 5.01 Å². The lowest BCUT2D eigenvalue weighted by Gasteiger charge is -2.01. The summed E-state index contributed by atoms with van der Waals surface area (Å²) in [6, 6.07) is 5.37. The predicted octanol–water partition coefficient (Wildman–Crippen LogP) is 2.20. The van der Waals surface area contributed by atoms with Crippen LogP contribution in [0.15, 0.2) is 28.4 Å². The minimum atomic E-state index is -0.274. The minimum absolute atomic E-state index is 0.0653. The molecule has 0 bridgehead atoms. The first-order chi connectivity index (χ1) is 10.6. The zero-order chi connectivity index (χ0) is 15.5. The molecule has 114 valence electrons. The Bertz CT molecular complexity index is 852. The van der Waals surface area contributed by atoms with Crippen LogP contribution in [0.1, 0.15) is 22.0 Å². The van der Waals surface area contributed by atoms with Crippen molar-refractivity contribution in [3.05, 3.63) is 49.5 Å². The van der Waals surface area contributed by atoms with Gasteiger partial charge in [0.2, 0.25) is 4.96 Å². The summed E-state index contributed by atoms with van der Waals surface area (Å²) in [7, 11) is 0. The summed E-state index contributed by atoms with van der Waals surface area (Å²) in [5.74, 6) is -0.274. The Morgan fingerprint density at radius 3 is 3.09 bits per heavy atom. The highest BCUT2D eigenvalue weighted by molar-refractivity contribution is 7.16. The smallest absolute Gasteiger partial charge is 0.306 e. The van der Waals surface area contributed by atoms with Crippen LogP contribution in [0.4, 0.5) is 0 Å². The van der Waals surface area contributed by atoms with Crippen molar-refractivity contribution in [3.8, 4) is 0 Å². The number of rotatable bonds is 5. The number of aryl methyl sites for hydroxylation is 2. The molecule has 6 nitrogen and oxygen atoms in total. The average molecular weight is 335 g/mol. The predicted molar refractivity (Wildman–Crippen MR) is 84.3 cm³/mol. The largest absolute Gasteiger partial charge is 0.458 e. The van der Waals surface area contributed by atoms with E-state index < -0.39 is 0 Å². The van der Waals surface area contributed by atoms with Crippen molar-refractivity contribution in [1.29, 1.82) is 0 Å². The van der Waals surface area contributed by atoms with Crippen LogP contribution in [-0.4, -0.2) is 20.6 Å². The highest BCUT2D eigenvalue weighted by Crippen LogP contribution is 2.14. The van der Waals surface area contributed by atoms with Crippen molar-refractivity contribution < 1.29 is 9.53 Å². The Morgan fingerprint density at radius 1 is 1.45 bits per heavy atom. The molecule has 0 saturated carbocycles. The fourth-order valence-corrected chi connectivity index (χ4v) is 3.48. The quantitative estimate of drug-likeness (QED) is 0.668. The summed E-state index contributed by atoms with van der Waals surface area (Å²) in [5, 5.41) is 6.66. The molecule has 3 rings (SSSR count). The molecule has 0 amide bonds. The molecule has 0 atom stereocenters. The van der Waals surface area contributed by atoms with E-state index in [1.54, 1.807) is 18.3 Å².